The Morgan fingerprint density at radius 1 is 1.14 bits per heavy atom. The molecule has 1 aromatic carbocycles. The number of hydrogen-bond acceptors (Lipinski definition) is 6. The van der Waals surface area contributed by atoms with Gasteiger partial charge in [0.15, 0.2) is 5.65 Å². The summed E-state index contributed by atoms with van der Waals surface area (Å²) < 4.78 is 2.87. The molecule has 0 aliphatic rings. The first-order valence-electron chi connectivity index (χ1n) is 9.13. The molecule has 1 amide bonds. The molecule has 1 N–H and O–H groups in total. The molecule has 3 aromatic heterocycles. The normalized spacial score (nSPS) is 11.1. The molecule has 4 rings (SSSR count). The van der Waals surface area contributed by atoms with Crippen LogP contribution in [0.25, 0.3) is 16.9 Å². The average molecular weight is 389 g/mol. The zero-order valence-electron chi connectivity index (χ0n) is 16.0. The third kappa shape index (κ3) is 4.03. The zero-order chi connectivity index (χ0) is 20.4. The molecule has 0 bridgehead atoms. The topological polar surface area (TPSA) is 107 Å². The van der Waals surface area contributed by atoms with Gasteiger partial charge < -0.3 is 5.32 Å². The number of hydrogen-bond donors (Lipinski definition) is 1. The number of nitrogens with one attached hydrogen (secondary N) is 1. The summed E-state index contributed by atoms with van der Waals surface area (Å²) in [5, 5.41) is 15.0. The molecule has 4 aromatic rings. The van der Waals surface area contributed by atoms with Crippen molar-refractivity contribution in [3.8, 4) is 11.3 Å². The second kappa shape index (κ2) is 7.63. The van der Waals surface area contributed by atoms with Crippen LogP contribution in [-0.4, -0.2) is 35.3 Å². The maximum atomic E-state index is 12.4. The number of carbonyl (C=O) groups is 1. The van der Waals surface area contributed by atoms with Crippen LogP contribution in [0.4, 0.5) is 5.69 Å². The quantitative estimate of drug-likeness (QED) is 0.560. The minimum atomic E-state index is -0.314. The van der Waals surface area contributed by atoms with Gasteiger partial charge in [-0.05, 0) is 30.2 Å². The third-order valence-corrected chi connectivity index (χ3v) is 4.41. The van der Waals surface area contributed by atoms with E-state index in [0.29, 0.717) is 17.0 Å². The van der Waals surface area contributed by atoms with Crippen molar-refractivity contribution >= 4 is 17.2 Å². The Morgan fingerprint density at radius 2 is 2.00 bits per heavy atom. The van der Waals surface area contributed by atoms with E-state index in [1.165, 1.54) is 23.3 Å². The first-order valence-corrected chi connectivity index (χ1v) is 9.13. The zero-order valence-corrected chi connectivity index (χ0v) is 16.0. The van der Waals surface area contributed by atoms with Gasteiger partial charge in [-0.2, -0.15) is 9.61 Å². The summed E-state index contributed by atoms with van der Waals surface area (Å²) in [4.78, 5) is 28.8. The van der Waals surface area contributed by atoms with Crippen molar-refractivity contribution in [2.75, 3.05) is 5.32 Å². The molecule has 9 nitrogen and oxygen atoms in total. The maximum Gasteiger partial charge on any atom is 0.254 e. The Hall–Kier alpha value is -3.88. The van der Waals surface area contributed by atoms with Gasteiger partial charge in [0.2, 0.25) is 5.91 Å². The number of rotatable bonds is 5. The molecule has 3 heterocycles. The van der Waals surface area contributed by atoms with E-state index < -0.39 is 0 Å². The van der Waals surface area contributed by atoms with E-state index in [1.807, 2.05) is 44.2 Å². The standard InChI is InChI=1S/C20H19N7O2/c1-13(2)17-9-20(29)26(11-21-17)10-19(28)23-15-5-3-4-14(8-15)16-6-7-18-24-22-12-27(18)25-16/h3-9,11-13H,10H2,1-2H3,(H,23,28). The number of benzene rings is 1. The van der Waals surface area contributed by atoms with Gasteiger partial charge in [0.25, 0.3) is 5.56 Å². The summed E-state index contributed by atoms with van der Waals surface area (Å²) in [7, 11) is 0. The van der Waals surface area contributed by atoms with Crippen molar-refractivity contribution in [1.29, 1.82) is 0 Å². The smallest absolute Gasteiger partial charge is 0.254 e. The number of fused-ring (bicyclic) bond motifs is 1. The highest BCUT2D eigenvalue weighted by atomic mass is 16.2. The fourth-order valence-corrected chi connectivity index (χ4v) is 2.87. The van der Waals surface area contributed by atoms with Crippen LogP contribution in [0.5, 0.6) is 0 Å². The molecule has 9 heteroatoms. The predicted molar refractivity (Wildman–Crippen MR) is 107 cm³/mol. The van der Waals surface area contributed by atoms with E-state index >= 15 is 0 Å². The number of aromatic nitrogens is 6. The van der Waals surface area contributed by atoms with E-state index in [2.05, 4.69) is 25.6 Å². The Morgan fingerprint density at radius 3 is 2.79 bits per heavy atom. The molecule has 0 fully saturated rings. The predicted octanol–water partition coefficient (Wildman–Crippen LogP) is 2.11. The van der Waals surface area contributed by atoms with Gasteiger partial charge in [-0.25, -0.2) is 4.98 Å². The van der Waals surface area contributed by atoms with E-state index in [-0.39, 0.29) is 23.9 Å². The SMILES string of the molecule is CC(C)c1cc(=O)n(CC(=O)Nc2cccc(-c3ccc4nncn4n3)c2)cn1. The molecule has 0 saturated carbocycles. The summed E-state index contributed by atoms with van der Waals surface area (Å²) in [6.45, 7) is 3.81. The molecular formula is C20H19N7O2. The van der Waals surface area contributed by atoms with Gasteiger partial charge in [0.05, 0.1) is 17.7 Å². The molecule has 0 radical (unpaired) electrons. The van der Waals surface area contributed by atoms with Crippen molar-refractivity contribution < 1.29 is 4.79 Å². The molecular weight excluding hydrogens is 370 g/mol. The number of amides is 1. The van der Waals surface area contributed by atoms with Gasteiger partial charge in [0.1, 0.15) is 12.9 Å². The number of nitrogens with zero attached hydrogens (tertiary/aromatic N) is 6. The van der Waals surface area contributed by atoms with Gasteiger partial charge in [-0.1, -0.05) is 26.0 Å². The number of carbonyl (C=O) groups excluding carboxylic acids is 1. The van der Waals surface area contributed by atoms with Crippen molar-refractivity contribution in [1.82, 2.24) is 29.4 Å². The third-order valence-electron chi connectivity index (χ3n) is 4.41. The van der Waals surface area contributed by atoms with Crippen LogP contribution in [0.2, 0.25) is 0 Å². The Bertz CT molecular complexity index is 1240. The lowest BCUT2D eigenvalue weighted by Gasteiger charge is -2.10. The van der Waals surface area contributed by atoms with E-state index in [0.717, 1.165) is 11.3 Å². The lowest BCUT2D eigenvalue weighted by atomic mass is 10.1. The summed E-state index contributed by atoms with van der Waals surface area (Å²) in [6, 6.07) is 12.4. The first-order chi connectivity index (χ1) is 14.0. The monoisotopic (exact) mass is 389 g/mol. The highest BCUT2D eigenvalue weighted by Crippen LogP contribution is 2.21. The Kier molecular flexibility index (Phi) is 4.86. The van der Waals surface area contributed by atoms with Crippen LogP contribution >= 0.6 is 0 Å². The highest BCUT2D eigenvalue weighted by Gasteiger charge is 2.09. The second-order valence-corrected chi connectivity index (χ2v) is 6.92. The van der Waals surface area contributed by atoms with Gasteiger partial charge >= 0.3 is 0 Å². The lowest BCUT2D eigenvalue weighted by Crippen LogP contribution is -2.28. The molecule has 0 saturated heterocycles. The molecule has 0 aliphatic carbocycles. The Labute approximate surface area is 166 Å². The minimum Gasteiger partial charge on any atom is -0.325 e. The van der Waals surface area contributed by atoms with E-state index in [9.17, 15) is 9.59 Å². The van der Waals surface area contributed by atoms with Crippen molar-refractivity contribution in [3.63, 3.8) is 0 Å². The second-order valence-electron chi connectivity index (χ2n) is 6.92. The summed E-state index contributed by atoms with van der Waals surface area (Å²) in [5.41, 5.74) is 3.27. The van der Waals surface area contributed by atoms with Crippen LogP contribution in [0.1, 0.15) is 25.5 Å². The van der Waals surface area contributed by atoms with Crippen LogP contribution < -0.4 is 10.9 Å². The summed E-state index contributed by atoms with van der Waals surface area (Å²) in [6.07, 6.45) is 2.94. The van der Waals surface area contributed by atoms with Crippen molar-refractivity contribution in [3.05, 3.63) is 71.2 Å². The maximum absolute atomic E-state index is 12.4. The van der Waals surface area contributed by atoms with Crippen molar-refractivity contribution in [2.45, 2.75) is 26.3 Å². The average Bonchev–Trinajstić information content (AvgIpc) is 3.17. The fourth-order valence-electron chi connectivity index (χ4n) is 2.87. The van der Waals surface area contributed by atoms with Gasteiger partial charge in [0, 0.05) is 17.3 Å². The van der Waals surface area contributed by atoms with E-state index in [1.54, 1.807) is 10.6 Å². The van der Waals surface area contributed by atoms with Crippen molar-refractivity contribution in [2.24, 2.45) is 0 Å². The molecule has 0 aliphatic heterocycles. The van der Waals surface area contributed by atoms with E-state index in [4.69, 9.17) is 0 Å². The fraction of sp³-hybridized carbons (Fsp3) is 0.200. The van der Waals surface area contributed by atoms with Crippen LogP contribution in [-0.2, 0) is 11.3 Å². The summed E-state index contributed by atoms with van der Waals surface area (Å²) in [5.74, 6) is -0.162. The van der Waals surface area contributed by atoms with Gasteiger partial charge in [-0.3, -0.25) is 14.2 Å². The first kappa shape index (κ1) is 18.5. The Balaban J connectivity index is 1.50. The molecule has 146 valence electrons. The molecule has 29 heavy (non-hydrogen) atoms. The van der Waals surface area contributed by atoms with Crippen LogP contribution in [0.3, 0.4) is 0 Å². The van der Waals surface area contributed by atoms with Crippen LogP contribution in [0, 0.1) is 0 Å². The highest BCUT2D eigenvalue weighted by molar-refractivity contribution is 5.91. The largest absolute Gasteiger partial charge is 0.325 e. The molecule has 0 unspecified atom stereocenters. The molecule has 0 atom stereocenters. The minimum absolute atomic E-state index is 0.112. The number of anilines is 1. The molecule has 0 spiro atoms. The van der Waals surface area contributed by atoms with Gasteiger partial charge in [-0.15, -0.1) is 10.2 Å². The lowest BCUT2D eigenvalue weighted by molar-refractivity contribution is -0.116. The summed E-state index contributed by atoms with van der Waals surface area (Å²) >= 11 is 0. The van der Waals surface area contributed by atoms with Crippen LogP contribution in [0.15, 0.2) is 59.9 Å².